The van der Waals surface area contributed by atoms with Crippen LogP contribution < -0.4 is 0 Å². The van der Waals surface area contributed by atoms with Crippen molar-refractivity contribution in [2.75, 3.05) is 0 Å². The molecule has 0 bridgehead atoms. The Morgan fingerprint density at radius 1 is 1.36 bits per heavy atom. The highest BCUT2D eigenvalue weighted by molar-refractivity contribution is 7.78. The Bertz CT molecular complexity index is 484. The second-order valence-corrected chi connectivity index (χ2v) is 3.88. The normalized spacial score (nSPS) is 12.9. The first-order chi connectivity index (χ1) is 6.75. The molecule has 72 valence electrons. The Balaban J connectivity index is 2.46. The van der Waals surface area contributed by atoms with Crippen molar-refractivity contribution in [2.45, 2.75) is 5.75 Å². The van der Waals surface area contributed by atoms with Gasteiger partial charge in [-0.2, -0.15) is 0 Å². The molecule has 1 atom stereocenters. The van der Waals surface area contributed by atoms with Gasteiger partial charge < -0.3 is 4.55 Å². The van der Waals surface area contributed by atoms with E-state index in [0.717, 1.165) is 16.5 Å². The zero-order valence-corrected chi connectivity index (χ0v) is 8.16. The molecule has 0 amide bonds. The van der Waals surface area contributed by atoms with Gasteiger partial charge in [-0.3, -0.25) is 9.19 Å². The van der Waals surface area contributed by atoms with E-state index in [9.17, 15) is 8.76 Å². The molecule has 0 saturated heterocycles. The Labute approximate surface area is 84.1 Å². The van der Waals surface area contributed by atoms with Gasteiger partial charge in [0.2, 0.25) is 0 Å². The number of fused-ring (bicyclic) bond motifs is 1. The highest BCUT2D eigenvalue weighted by Gasteiger charge is 1.96. The van der Waals surface area contributed by atoms with Gasteiger partial charge in [-0.25, -0.2) is 0 Å². The fourth-order valence-electron chi connectivity index (χ4n) is 1.33. The first-order valence-electron chi connectivity index (χ1n) is 4.15. The molecule has 0 N–H and O–H groups in total. The van der Waals surface area contributed by atoms with Crippen LogP contribution in [0.5, 0.6) is 0 Å². The fraction of sp³-hybridized carbons (Fsp3) is 0.100. The van der Waals surface area contributed by atoms with Gasteiger partial charge in [-0.05, 0) is 17.7 Å². The average Bonchev–Trinajstić information content (AvgIpc) is 2.17. The number of rotatable bonds is 2. The van der Waals surface area contributed by atoms with Gasteiger partial charge >= 0.3 is 0 Å². The maximum atomic E-state index is 10.5. The van der Waals surface area contributed by atoms with E-state index in [0.29, 0.717) is 0 Å². The van der Waals surface area contributed by atoms with E-state index in [2.05, 4.69) is 4.98 Å². The summed E-state index contributed by atoms with van der Waals surface area (Å²) in [4.78, 5) is 4.16. The number of benzene rings is 1. The molecule has 0 aliphatic heterocycles. The van der Waals surface area contributed by atoms with Gasteiger partial charge in [0.15, 0.2) is 0 Å². The molecule has 0 radical (unpaired) electrons. The fourth-order valence-corrected chi connectivity index (χ4v) is 1.76. The largest absolute Gasteiger partial charge is 0.772 e. The van der Waals surface area contributed by atoms with Crippen LogP contribution in [0.15, 0.2) is 36.5 Å². The van der Waals surface area contributed by atoms with E-state index in [1.165, 1.54) is 0 Å². The number of nitrogens with zero attached hydrogens (tertiary/aromatic N) is 1. The lowest BCUT2D eigenvalue weighted by atomic mass is 10.2. The quantitative estimate of drug-likeness (QED) is 0.701. The molecule has 2 rings (SSSR count). The Hall–Kier alpha value is -1.26. The summed E-state index contributed by atoms with van der Waals surface area (Å²) < 4.78 is 21.0. The van der Waals surface area contributed by atoms with Crippen molar-refractivity contribution in [3.05, 3.63) is 42.1 Å². The van der Waals surface area contributed by atoms with Crippen molar-refractivity contribution in [1.82, 2.24) is 4.98 Å². The molecule has 0 aliphatic carbocycles. The van der Waals surface area contributed by atoms with Crippen molar-refractivity contribution in [3.8, 4) is 0 Å². The van der Waals surface area contributed by atoms with Gasteiger partial charge in [0.1, 0.15) is 0 Å². The van der Waals surface area contributed by atoms with Crippen LogP contribution >= 0.6 is 0 Å². The smallest absolute Gasteiger partial charge is 0.0702 e. The maximum absolute atomic E-state index is 10.5. The predicted molar refractivity (Wildman–Crippen MR) is 54.4 cm³/mol. The van der Waals surface area contributed by atoms with E-state index in [-0.39, 0.29) is 5.75 Å². The van der Waals surface area contributed by atoms with Crippen molar-refractivity contribution in [2.24, 2.45) is 0 Å². The highest BCUT2D eigenvalue weighted by atomic mass is 32.2. The number of hydrogen-bond donors (Lipinski definition) is 0. The number of aromatic nitrogens is 1. The first-order valence-corrected chi connectivity index (χ1v) is 5.39. The summed E-state index contributed by atoms with van der Waals surface area (Å²) in [6.45, 7) is 0. The SMILES string of the molecule is O=S([O-])Cc1cnc2ccccc2c1. The minimum Gasteiger partial charge on any atom is -0.772 e. The molecule has 0 aliphatic rings. The predicted octanol–water partition coefficient (Wildman–Crippen LogP) is 1.61. The van der Waals surface area contributed by atoms with Crippen LogP contribution in [0.1, 0.15) is 5.56 Å². The summed E-state index contributed by atoms with van der Waals surface area (Å²) in [5.74, 6) is 0.0256. The molecule has 0 spiro atoms. The molecule has 3 nitrogen and oxygen atoms in total. The van der Waals surface area contributed by atoms with Crippen LogP contribution in [0.2, 0.25) is 0 Å². The van der Waals surface area contributed by atoms with Crippen molar-refractivity contribution < 1.29 is 8.76 Å². The molecule has 0 saturated carbocycles. The summed E-state index contributed by atoms with van der Waals surface area (Å²) in [7, 11) is 0. The molecule has 4 heteroatoms. The van der Waals surface area contributed by atoms with Crippen LogP contribution in [-0.4, -0.2) is 13.7 Å². The van der Waals surface area contributed by atoms with Gasteiger partial charge in [0.25, 0.3) is 0 Å². The van der Waals surface area contributed by atoms with Crippen molar-refractivity contribution in [3.63, 3.8) is 0 Å². The van der Waals surface area contributed by atoms with Crippen molar-refractivity contribution >= 4 is 22.0 Å². The van der Waals surface area contributed by atoms with E-state index in [4.69, 9.17) is 0 Å². The number of hydrogen-bond acceptors (Lipinski definition) is 3. The van der Waals surface area contributed by atoms with E-state index in [1.807, 2.05) is 30.3 Å². The lowest BCUT2D eigenvalue weighted by Gasteiger charge is -2.05. The average molecular weight is 206 g/mol. The van der Waals surface area contributed by atoms with Gasteiger partial charge in [-0.1, -0.05) is 29.3 Å². The van der Waals surface area contributed by atoms with Crippen molar-refractivity contribution in [1.29, 1.82) is 0 Å². The van der Waals surface area contributed by atoms with Crippen LogP contribution in [0.3, 0.4) is 0 Å². The maximum Gasteiger partial charge on any atom is 0.0702 e. The third-order valence-electron chi connectivity index (χ3n) is 1.93. The van der Waals surface area contributed by atoms with Crippen LogP contribution in [-0.2, 0) is 16.8 Å². The standard InChI is InChI=1S/C10H9NO2S/c12-14(13)7-8-5-9-3-1-2-4-10(9)11-6-8/h1-6H,7H2,(H,12,13)/p-1. The molecular formula is C10H8NO2S-. The molecule has 0 fully saturated rings. The van der Waals surface area contributed by atoms with Gasteiger partial charge in [0, 0.05) is 17.3 Å². The second kappa shape index (κ2) is 3.86. The second-order valence-electron chi connectivity index (χ2n) is 2.98. The zero-order chi connectivity index (χ0) is 9.97. The molecule has 14 heavy (non-hydrogen) atoms. The lowest BCUT2D eigenvalue weighted by molar-refractivity contribution is 0.536. The Morgan fingerprint density at radius 2 is 2.14 bits per heavy atom. The highest BCUT2D eigenvalue weighted by Crippen LogP contribution is 2.13. The van der Waals surface area contributed by atoms with E-state index < -0.39 is 11.1 Å². The zero-order valence-electron chi connectivity index (χ0n) is 7.34. The molecule has 1 unspecified atom stereocenters. The molecule has 1 aromatic carbocycles. The minimum atomic E-state index is -2.05. The molecular weight excluding hydrogens is 198 g/mol. The number of pyridine rings is 1. The van der Waals surface area contributed by atoms with Crippen LogP contribution in [0.25, 0.3) is 10.9 Å². The molecule has 2 aromatic rings. The Kier molecular flexibility index (Phi) is 2.56. The topological polar surface area (TPSA) is 53.0 Å². The summed E-state index contributed by atoms with van der Waals surface area (Å²) in [5.41, 5.74) is 1.60. The monoisotopic (exact) mass is 206 g/mol. The Morgan fingerprint density at radius 3 is 2.93 bits per heavy atom. The van der Waals surface area contributed by atoms with Crippen LogP contribution in [0.4, 0.5) is 0 Å². The third kappa shape index (κ3) is 1.97. The lowest BCUT2D eigenvalue weighted by Crippen LogP contribution is -1.94. The summed E-state index contributed by atoms with van der Waals surface area (Å²) >= 11 is -2.05. The third-order valence-corrected chi connectivity index (χ3v) is 2.50. The van der Waals surface area contributed by atoms with Gasteiger partial charge in [-0.15, -0.1) is 0 Å². The van der Waals surface area contributed by atoms with E-state index in [1.54, 1.807) is 6.20 Å². The number of para-hydroxylation sites is 1. The molecule has 1 aromatic heterocycles. The van der Waals surface area contributed by atoms with Gasteiger partial charge in [0.05, 0.1) is 5.52 Å². The summed E-state index contributed by atoms with van der Waals surface area (Å²) in [6, 6.07) is 9.47. The first kappa shape index (κ1) is 9.30. The molecule has 1 heterocycles. The summed E-state index contributed by atoms with van der Waals surface area (Å²) in [5, 5.41) is 0.968. The van der Waals surface area contributed by atoms with Crippen LogP contribution in [0, 0.1) is 0 Å². The minimum absolute atomic E-state index is 0.0256. The van der Waals surface area contributed by atoms with E-state index >= 15 is 0 Å². The summed E-state index contributed by atoms with van der Waals surface area (Å²) in [6.07, 6.45) is 1.60.